The lowest BCUT2D eigenvalue weighted by molar-refractivity contribution is 0.305. The summed E-state index contributed by atoms with van der Waals surface area (Å²) in [6.45, 7) is 0.516. The van der Waals surface area contributed by atoms with Crippen LogP contribution >= 0.6 is 54.8 Å². The van der Waals surface area contributed by atoms with Crippen molar-refractivity contribution in [1.82, 2.24) is 4.98 Å². The second-order valence-corrected chi connectivity index (χ2v) is 6.23. The minimum Gasteiger partial charge on any atom is -0.486 e. The van der Waals surface area contributed by atoms with E-state index in [2.05, 4.69) is 36.8 Å². The summed E-state index contributed by atoms with van der Waals surface area (Å²) in [4.78, 5) is 5.09. The van der Waals surface area contributed by atoms with Crippen LogP contribution in [0.4, 0.5) is 0 Å². The van der Waals surface area contributed by atoms with Crippen molar-refractivity contribution in [2.75, 3.05) is 0 Å². The van der Waals surface area contributed by atoms with Crippen LogP contribution in [0.3, 0.4) is 0 Å². The monoisotopic (exact) mass is 395 g/mol. The van der Waals surface area contributed by atoms with Crippen LogP contribution in [0.15, 0.2) is 32.8 Å². The molecule has 0 aliphatic rings. The number of thiazole rings is 1. The van der Waals surface area contributed by atoms with E-state index in [4.69, 9.17) is 16.3 Å². The topological polar surface area (TPSA) is 22.1 Å². The van der Waals surface area contributed by atoms with Gasteiger partial charge in [-0.25, -0.2) is 0 Å². The molecule has 2 aromatic rings. The van der Waals surface area contributed by atoms with Gasteiger partial charge >= 0.3 is 0 Å². The molecule has 2 rings (SSSR count). The lowest BCUT2D eigenvalue weighted by Crippen LogP contribution is -1.95. The lowest BCUT2D eigenvalue weighted by Gasteiger charge is -2.10. The molecule has 1 heterocycles. The zero-order valence-electron chi connectivity index (χ0n) is 8.62. The summed E-state index contributed by atoms with van der Waals surface area (Å²) in [5.74, 6) is 1.26. The van der Waals surface area contributed by atoms with E-state index < -0.39 is 0 Å². The van der Waals surface area contributed by atoms with E-state index in [0.717, 1.165) is 25.1 Å². The van der Waals surface area contributed by atoms with Crippen molar-refractivity contribution in [3.05, 3.63) is 43.2 Å². The molecule has 0 radical (unpaired) electrons. The van der Waals surface area contributed by atoms with Gasteiger partial charge in [-0.1, -0.05) is 0 Å². The first-order valence-electron chi connectivity index (χ1n) is 4.74. The average Bonchev–Trinajstić information content (AvgIpc) is 2.80. The lowest BCUT2D eigenvalue weighted by atomic mass is 10.2. The molecule has 0 fully saturated rings. The van der Waals surface area contributed by atoms with E-state index in [1.807, 2.05) is 12.1 Å². The van der Waals surface area contributed by atoms with Crippen LogP contribution < -0.4 is 4.74 Å². The van der Waals surface area contributed by atoms with Crippen LogP contribution in [-0.2, 0) is 12.5 Å². The highest BCUT2D eigenvalue weighted by atomic mass is 79.9. The van der Waals surface area contributed by atoms with Crippen LogP contribution in [0.2, 0.25) is 0 Å². The van der Waals surface area contributed by atoms with Crippen molar-refractivity contribution in [2.24, 2.45) is 0 Å². The normalized spacial score (nSPS) is 10.5. The first-order valence-corrected chi connectivity index (χ1v) is 7.74. The number of hydrogen-bond donors (Lipinski definition) is 0. The van der Waals surface area contributed by atoms with Gasteiger partial charge in [0.1, 0.15) is 12.4 Å². The van der Waals surface area contributed by atoms with Crippen LogP contribution in [0, 0.1) is 0 Å². The van der Waals surface area contributed by atoms with E-state index in [9.17, 15) is 0 Å². The number of benzene rings is 1. The van der Waals surface area contributed by atoms with Gasteiger partial charge in [0.2, 0.25) is 0 Å². The Balaban J connectivity index is 2.15. The Morgan fingerprint density at radius 2 is 2.00 bits per heavy atom. The molecular weight excluding hydrogens is 389 g/mol. The maximum atomic E-state index is 5.79. The maximum Gasteiger partial charge on any atom is 0.148 e. The number of halogens is 3. The Hall–Kier alpha value is -0.100. The van der Waals surface area contributed by atoms with Gasteiger partial charge in [0, 0.05) is 12.1 Å². The predicted molar refractivity (Wildman–Crippen MR) is 77.8 cm³/mol. The number of aromatic nitrogens is 1. The summed E-state index contributed by atoms with van der Waals surface area (Å²) in [7, 11) is 0. The second kappa shape index (κ2) is 6.18. The molecule has 0 unspecified atom stereocenters. The first kappa shape index (κ1) is 13.3. The van der Waals surface area contributed by atoms with E-state index in [1.54, 1.807) is 23.0 Å². The molecule has 1 aromatic carbocycles. The predicted octanol–water partition coefficient (Wildman–Crippen LogP) is 4.99. The highest BCUT2D eigenvalue weighted by molar-refractivity contribution is 9.11. The third-order valence-electron chi connectivity index (χ3n) is 2.05. The Bertz CT molecular complexity index is 481. The molecule has 0 N–H and O–H groups in total. The quantitative estimate of drug-likeness (QED) is 0.679. The molecule has 0 aliphatic carbocycles. The number of alkyl halides is 1. The highest BCUT2D eigenvalue weighted by Crippen LogP contribution is 2.35. The van der Waals surface area contributed by atoms with Gasteiger partial charge in [-0.3, -0.25) is 4.98 Å². The Morgan fingerprint density at radius 3 is 2.53 bits per heavy atom. The van der Waals surface area contributed by atoms with Crippen LogP contribution in [0.1, 0.15) is 10.4 Å². The van der Waals surface area contributed by atoms with Crippen molar-refractivity contribution in [3.63, 3.8) is 0 Å². The Morgan fingerprint density at radius 1 is 1.29 bits per heavy atom. The van der Waals surface area contributed by atoms with Crippen molar-refractivity contribution in [3.8, 4) is 5.75 Å². The SMILES string of the molecule is ClCc1cc(Br)c(OCc2cncs2)c(Br)c1. The summed E-state index contributed by atoms with van der Waals surface area (Å²) in [5.41, 5.74) is 2.83. The van der Waals surface area contributed by atoms with E-state index in [1.165, 1.54) is 0 Å². The zero-order chi connectivity index (χ0) is 12.3. The van der Waals surface area contributed by atoms with Gasteiger partial charge in [0.25, 0.3) is 0 Å². The molecule has 0 saturated heterocycles. The summed E-state index contributed by atoms with van der Waals surface area (Å²) < 4.78 is 7.54. The second-order valence-electron chi connectivity index (χ2n) is 3.28. The third kappa shape index (κ3) is 3.44. The fraction of sp³-hybridized carbons (Fsp3) is 0.182. The summed E-state index contributed by atoms with van der Waals surface area (Å²) in [6.07, 6.45) is 1.81. The molecule has 0 atom stereocenters. The van der Waals surface area contributed by atoms with E-state index in [0.29, 0.717) is 12.5 Å². The fourth-order valence-corrected chi connectivity index (χ4v) is 3.45. The van der Waals surface area contributed by atoms with Gasteiger partial charge in [-0.05, 0) is 49.6 Å². The first-order chi connectivity index (χ1) is 8.20. The van der Waals surface area contributed by atoms with Crippen LogP contribution in [0.25, 0.3) is 0 Å². The Labute approximate surface area is 125 Å². The molecule has 2 nitrogen and oxygen atoms in total. The Kier molecular flexibility index (Phi) is 4.85. The maximum absolute atomic E-state index is 5.79. The molecule has 0 bridgehead atoms. The third-order valence-corrected chi connectivity index (χ3v) is 4.29. The zero-order valence-corrected chi connectivity index (χ0v) is 13.4. The summed E-state index contributed by atoms with van der Waals surface area (Å²) in [5, 5.41) is 0. The molecule has 17 heavy (non-hydrogen) atoms. The molecule has 90 valence electrons. The molecule has 1 aromatic heterocycles. The molecule has 0 saturated carbocycles. The van der Waals surface area contributed by atoms with E-state index in [-0.39, 0.29) is 0 Å². The van der Waals surface area contributed by atoms with Gasteiger partial charge in [-0.15, -0.1) is 22.9 Å². The smallest absolute Gasteiger partial charge is 0.148 e. The molecule has 6 heteroatoms. The van der Waals surface area contributed by atoms with Gasteiger partial charge in [0.05, 0.1) is 19.3 Å². The minimum absolute atomic E-state index is 0.478. The number of ether oxygens (including phenoxy) is 1. The molecule has 0 amide bonds. The van der Waals surface area contributed by atoms with Gasteiger partial charge in [0.15, 0.2) is 0 Å². The van der Waals surface area contributed by atoms with Crippen LogP contribution in [0.5, 0.6) is 5.75 Å². The minimum atomic E-state index is 0.478. The van der Waals surface area contributed by atoms with Crippen LogP contribution in [-0.4, -0.2) is 4.98 Å². The number of nitrogens with zero attached hydrogens (tertiary/aromatic N) is 1. The summed E-state index contributed by atoms with van der Waals surface area (Å²) >= 11 is 14.3. The van der Waals surface area contributed by atoms with Gasteiger partial charge in [-0.2, -0.15) is 0 Å². The molecule has 0 aliphatic heterocycles. The number of rotatable bonds is 4. The largest absolute Gasteiger partial charge is 0.486 e. The standard InChI is InChI=1S/C11H8Br2ClNOS/c12-9-1-7(3-14)2-10(13)11(9)16-5-8-4-15-6-17-8/h1-2,4,6H,3,5H2. The summed E-state index contributed by atoms with van der Waals surface area (Å²) in [6, 6.07) is 3.92. The molecule has 0 spiro atoms. The average molecular weight is 398 g/mol. The van der Waals surface area contributed by atoms with E-state index >= 15 is 0 Å². The van der Waals surface area contributed by atoms with Crippen molar-refractivity contribution < 1.29 is 4.74 Å². The molecular formula is C11H8Br2ClNOS. The highest BCUT2D eigenvalue weighted by Gasteiger charge is 2.09. The van der Waals surface area contributed by atoms with Gasteiger partial charge < -0.3 is 4.74 Å². The fourth-order valence-electron chi connectivity index (χ4n) is 1.28. The van der Waals surface area contributed by atoms with Crippen molar-refractivity contribution in [2.45, 2.75) is 12.5 Å². The number of hydrogen-bond acceptors (Lipinski definition) is 3. The van der Waals surface area contributed by atoms with Crippen molar-refractivity contribution >= 4 is 54.8 Å². The van der Waals surface area contributed by atoms with Crippen molar-refractivity contribution in [1.29, 1.82) is 0 Å².